The SMILES string of the molecule is NC(=O)Nc1ccccc1.NC(=O)Nc1ccccc1.O=C(O)c1cc(C(=O)O)cc([N+](=O)[O-])c1. The Morgan fingerprint density at radius 1 is 0.686 bits per heavy atom. The van der Waals surface area contributed by atoms with Gasteiger partial charge in [0, 0.05) is 23.5 Å². The van der Waals surface area contributed by atoms with E-state index in [1.54, 1.807) is 24.3 Å². The zero-order valence-electron chi connectivity index (χ0n) is 18.0. The molecule has 0 saturated heterocycles. The quantitative estimate of drug-likeness (QED) is 0.232. The lowest BCUT2D eigenvalue weighted by molar-refractivity contribution is -0.384. The predicted octanol–water partition coefficient (Wildman–Crippen LogP) is 3.35. The Kier molecular flexibility index (Phi) is 10.9. The third kappa shape index (κ3) is 11.1. The topological polar surface area (TPSA) is 228 Å². The van der Waals surface area contributed by atoms with Crippen LogP contribution in [0.15, 0.2) is 78.9 Å². The summed E-state index contributed by atoms with van der Waals surface area (Å²) in [6, 6.07) is 19.5. The lowest BCUT2D eigenvalue weighted by Gasteiger charge is -1.98. The molecule has 4 amide bonds. The summed E-state index contributed by atoms with van der Waals surface area (Å²) in [6.45, 7) is 0. The monoisotopic (exact) mass is 483 g/mol. The highest BCUT2D eigenvalue weighted by molar-refractivity contribution is 5.95. The lowest BCUT2D eigenvalue weighted by atomic mass is 10.1. The molecule has 0 heterocycles. The van der Waals surface area contributed by atoms with Gasteiger partial charge in [0.2, 0.25) is 0 Å². The molecule has 0 saturated carbocycles. The van der Waals surface area contributed by atoms with E-state index in [0.29, 0.717) is 0 Å². The van der Waals surface area contributed by atoms with Crippen LogP contribution in [0.4, 0.5) is 26.7 Å². The van der Waals surface area contributed by atoms with Crippen molar-refractivity contribution in [1.29, 1.82) is 0 Å². The molecule has 0 atom stereocenters. The number of anilines is 2. The van der Waals surface area contributed by atoms with E-state index in [1.165, 1.54) is 0 Å². The third-order valence-electron chi connectivity index (χ3n) is 3.71. The van der Waals surface area contributed by atoms with Crippen LogP contribution in [-0.2, 0) is 0 Å². The number of para-hydroxylation sites is 2. The van der Waals surface area contributed by atoms with Crippen LogP contribution < -0.4 is 22.1 Å². The second-order valence-corrected chi connectivity index (χ2v) is 6.35. The zero-order chi connectivity index (χ0) is 26.4. The van der Waals surface area contributed by atoms with E-state index >= 15 is 0 Å². The van der Waals surface area contributed by atoms with Gasteiger partial charge in [0.15, 0.2) is 0 Å². The van der Waals surface area contributed by atoms with Gasteiger partial charge in [0.05, 0.1) is 16.1 Å². The molecule has 0 fully saturated rings. The molecule has 35 heavy (non-hydrogen) atoms. The first-order chi connectivity index (χ1) is 16.5. The van der Waals surface area contributed by atoms with Gasteiger partial charge in [-0.25, -0.2) is 19.2 Å². The van der Waals surface area contributed by atoms with Crippen LogP contribution in [-0.4, -0.2) is 39.1 Å². The fourth-order valence-electron chi connectivity index (χ4n) is 2.29. The highest BCUT2D eigenvalue weighted by Crippen LogP contribution is 2.17. The van der Waals surface area contributed by atoms with Gasteiger partial charge in [-0.2, -0.15) is 0 Å². The van der Waals surface area contributed by atoms with Gasteiger partial charge in [-0.15, -0.1) is 0 Å². The number of primary amides is 2. The molecule has 0 aliphatic rings. The van der Waals surface area contributed by atoms with E-state index in [1.807, 2.05) is 36.4 Å². The Morgan fingerprint density at radius 2 is 1.03 bits per heavy atom. The van der Waals surface area contributed by atoms with Crippen molar-refractivity contribution < 1.29 is 34.3 Å². The first-order valence-corrected chi connectivity index (χ1v) is 9.48. The van der Waals surface area contributed by atoms with Gasteiger partial charge in [0.25, 0.3) is 5.69 Å². The molecule has 3 aromatic rings. The molecule has 13 nitrogen and oxygen atoms in total. The summed E-state index contributed by atoms with van der Waals surface area (Å²) < 4.78 is 0. The molecule has 0 spiro atoms. The Labute approximate surface area is 198 Å². The Balaban J connectivity index is 0.000000271. The van der Waals surface area contributed by atoms with Gasteiger partial charge in [-0.05, 0) is 30.3 Å². The number of nitrogens with zero attached hydrogens (tertiary/aromatic N) is 1. The number of urea groups is 2. The summed E-state index contributed by atoms with van der Waals surface area (Å²) in [4.78, 5) is 51.2. The molecule has 0 unspecified atom stereocenters. The second kappa shape index (κ2) is 13.8. The van der Waals surface area contributed by atoms with Gasteiger partial charge in [0.1, 0.15) is 0 Å². The number of nitro groups is 1. The molecule has 0 aliphatic carbocycles. The van der Waals surface area contributed by atoms with Crippen molar-refractivity contribution in [3.63, 3.8) is 0 Å². The summed E-state index contributed by atoms with van der Waals surface area (Å²) in [5.41, 5.74) is 9.76. The molecule has 0 aliphatic heterocycles. The van der Waals surface area contributed by atoms with Crippen LogP contribution in [0.5, 0.6) is 0 Å². The van der Waals surface area contributed by atoms with E-state index in [-0.39, 0.29) is 0 Å². The fourth-order valence-corrected chi connectivity index (χ4v) is 2.29. The number of benzene rings is 3. The molecule has 3 rings (SSSR count). The van der Waals surface area contributed by atoms with Crippen LogP contribution in [0.1, 0.15) is 20.7 Å². The van der Waals surface area contributed by atoms with Crippen molar-refractivity contribution in [3.8, 4) is 0 Å². The minimum atomic E-state index is -1.42. The lowest BCUT2D eigenvalue weighted by Crippen LogP contribution is -2.18. The van der Waals surface area contributed by atoms with E-state index in [9.17, 15) is 29.3 Å². The van der Waals surface area contributed by atoms with Crippen LogP contribution in [0.25, 0.3) is 0 Å². The molecular weight excluding hydrogens is 462 g/mol. The van der Waals surface area contributed by atoms with Crippen molar-refractivity contribution in [2.45, 2.75) is 0 Å². The van der Waals surface area contributed by atoms with Gasteiger partial charge >= 0.3 is 24.0 Å². The summed E-state index contributed by atoms with van der Waals surface area (Å²) in [7, 11) is 0. The molecule has 182 valence electrons. The summed E-state index contributed by atoms with van der Waals surface area (Å²) in [5.74, 6) is -2.83. The van der Waals surface area contributed by atoms with Crippen molar-refractivity contribution in [3.05, 3.63) is 100 Å². The molecule has 13 heteroatoms. The number of nitrogens with two attached hydrogens (primary N) is 2. The van der Waals surface area contributed by atoms with Gasteiger partial charge < -0.3 is 32.3 Å². The minimum absolute atomic E-state index is 0.429. The Hall–Kier alpha value is -5.46. The van der Waals surface area contributed by atoms with E-state index in [2.05, 4.69) is 10.6 Å². The van der Waals surface area contributed by atoms with E-state index < -0.39 is 45.7 Å². The van der Waals surface area contributed by atoms with Gasteiger partial charge in [-0.3, -0.25) is 10.1 Å². The standard InChI is InChI=1S/C8H5NO6.2C7H8N2O/c10-7(11)4-1-5(8(12)13)3-6(2-4)9(14)15;2*8-7(10)9-6-4-2-1-3-5-6/h1-3H,(H,10,11)(H,12,13);2*1-5H,(H3,8,9,10). The van der Waals surface area contributed by atoms with Crippen LogP contribution >= 0.6 is 0 Å². The molecule has 8 N–H and O–H groups in total. The molecule has 0 bridgehead atoms. The maximum absolute atomic E-state index is 10.5. The second-order valence-electron chi connectivity index (χ2n) is 6.35. The number of nitrogens with one attached hydrogen (secondary N) is 2. The number of carboxylic acids is 2. The van der Waals surface area contributed by atoms with Crippen molar-refractivity contribution in [2.75, 3.05) is 10.6 Å². The number of amides is 4. The minimum Gasteiger partial charge on any atom is -0.478 e. The predicted molar refractivity (Wildman–Crippen MR) is 126 cm³/mol. The summed E-state index contributed by atoms with van der Waals surface area (Å²) in [6.07, 6.45) is 0. The summed E-state index contributed by atoms with van der Waals surface area (Å²) >= 11 is 0. The number of non-ortho nitro benzene ring substituents is 1. The fraction of sp³-hybridized carbons (Fsp3) is 0. The van der Waals surface area contributed by atoms with Crippen molar-refractivity contribution >= 4 is 41.1 Å². The number of rotatable bonds is 5. The number of carbonyl (C=O) groups excluding carboxylic acids is 2. The largest absolute Gasteiger partial charge is 0.478 e. The van der Waals surface area contributed by atoms with E-state index in [4.69, 9.17) is 21.7 Å². The van der Waals surface area contributed by atoms with Crippen LogP contribution in [0, 0.1) is 10.1 Å². The van der Waals surface area contributed by atoms with E-state index in [0.717, 1.165) is 29.6 Å². The number of carbonyl (C=O) groups is 4. The Morgan fingerprint density at radius 3 is 1.29 bits per heavy atom. The maximum atomic E-state index is 10.5. The maximum Gasteiger partial charge on any atom is 0.335 e. The molecule has 0 radical (unpaired) electrons. The highest BCUT2D eigenvalue weighted by atomic mass is 16.6. The van der Waals surface area contributed by atoms with Crippen molar-refractivity contribution in [1.82, 2.24) is 0 Å². The van der Waals surface area contributed by atoms with Gasteiger partial charge in [-0.1, -0.05) is 36.4 Å². The first kappa shape index (κ1) is 27.6. The van der Waals surface area contributed by atoms with Crippen LogP contribution in [0.3, 0.4) is 0 Å². The number of hydrogen-bond acceptors (Lipinski definition) is 6. The average Bonchev–Trinajstić information content (AvgIpc) is 2.80. The Bertz CT molecular complexity index is 1060. The number of carboxylic acid groups (broad SMARTS) is 2. The van der Waals surface area contributed by atoms with Crippen molar-refractivity contribution in [2.24, 2.45) is 11.5 Å². The number of nitro benzene ring substituents is 1. The zero-order valence-corrected chi connectivity index (χ0v) is 18.0. The smallest absolute Gasteiger partial charge is 0.335 e. The first-order valence-electron chi connectivity index (χ1n) is 9.48. The summed E-state index contributed by atoms with van der Waals surface area (Å²) in [5, 5.41) is 32.4. The highest BCUT2D eigenvalue weighted by Gasteiger charge is 2.16. The normalized spacial score (nSPS) is 9.14. The molecule has 3 aromatic carbocycles. The third-order valence-corrected chi connectivity index (χ3v) is 3.71. The number of aromatic carboxylic acids is 2. The number of hydrogen-bond donors (Lipinski definition) is 6. The molecule has 0 aromatic heterocycles. The average molecular weight is 483 g/mol. The molecular formula is C22H21N5O8. The van der Waals surface area contributed by atoms with Crippen LogP contribution in [0.2, 0.25) is 0 Å².